The Bertz CT molecular complexity index is 375. The molecule has 0 aromatic heterocycles. The summed E-state index contributed by atoms with van der Waals surface area (Å²) in [6.45, 7) is 5.78. The molecule has 0 saturated heterocycles. The van der Waals surface area contributed by atoms with Crippen LogP contribution in [0.2, 0.25) is 0 Å². The van der Waals surface area contributed by atoms with E-state index in [2.05, 4.69) is 0 Å². The molecule has 0 atom stereocenters. The quantitative estimate of drug-likeness (QED) is 0.378. The molecule has 0 radical (unpaired) electrons. The first-order valence-electron chi connectivity index (χ1n) is 4.56. The molecule has 8 heteroatoms. The summed E-state index contributed by atoms with van der Waals surface area (Å²) in [4.78, 5) is 10.2. The molecule has 3 nitrogen and oxygen atoms in total. The molecule has 0 unspecified atom stereocenters. The Hall–Kier alpha value is 0.390. The molecule has 0 spiro atoms. The normalized spacial score (nSPS) is 13.1. The minimum Gasteiger partial charge on any atom is -0.258 e. The Morgan fingerprint density at radius 2 is 1.76 bits per heavy atom. The van der Waals surface area contributed by atoms with Gasteiger partial charge in [-0.3, -0.25) is 10.1 Å². The maximum atomic E-state index is 10.9. The highest BCUT2D eigenvalue weighted by Gasteiger charge is 2.28. The molecule has 0 rings (SSSR count). The molecule has 0 aliphatic rings. The minimum absolute atomic E-state index is 0.0364. The Labute approximate surface area is 124 Å². The predicted molar refractivity (Wildman–Crippen MR) is 76.4 cm³/mol. The van der Waals surface area contributed by atoms with Gasteiger partial charge in [-0.05, 0) is 6.42 Å². The van der Waals surface area contributed by atoms with Crippen molar-refractivity contribution >= 4 is 58.2 Å². The summed E-state index contributed by atoms with van der Waals surface area (Å²) in [6.07, 6.45) is 0.787. The van der Waals surface area contributed by atoms with Crippen LogP contribution in [0.5, 0.6) is 0 Å². The van der Waals surface area contributed by atoms with Gasteiger partial charge in [0.15, 0.2) is 9.40 Å². The standard InChI is InChI=1S/C9H11Cl4NO2S/c1-4-9(2,3)17-8(13)6(14(15)16)5(10)7(11)12/h4H2,1-3H3/b8-6+. The molecular formula is C9H11Cl4NO2S. The maximum absolute atomic E-state index is 10.9. The van der Waals surface area contributed by atoms with Crippen LogP contribution in [0.4, 0.5) is 0 Å². The number of nitrogens with zero attached hydrogens (tertiary/aromatic N) is 1. The van der Waals surface area contributed by atoms with Gasteiger partial charge >= 0.3 is 5.70 Å². The van der Waals surface area contributed by atoms with E-state index in [9.17, 15) is 10.1 Å². The fourth-order valence-corrected chi connectivity index (χ4v) is 2.83. The van der Waals surface area contributed by atoms with Crippen LogP contribution in [0.1, 0.15) is 27.2 Å². The van der Waals surface area contributed by atoms with E-state index in [1.807, 2.05) is 20.8 Å². The van der Waals surface area contributed by atoms with Gasteiger partial charge in [-0.1, -0.05) is 67.2 Å². The van der Waals surface area contributed by atoms with Crippen LogP contribution in [0.25, 0.3) is 0 Å². The Kier molecular flexibility index (Phi) is 7.26. The lowest BCUT2D eigenvalue weighted by atomic mass is 10.1. The van der Waals surface area contributed by atoms with Gasteiger partial charge in [0, 0.05) is 4.75 Å². The molecule has 0 amide bonds. The largest absolute Gasteiger partial charge is 0.315 e. The third-order valence-electron chi connectivity index (χ3n) is 1.96. The second-order valence-electron chi connectivity index (χ2n) is 3.67. The fourth-order valence-electron chi connectivity index (χ4n) is 0.691. The molecule has 0 aromatic rings. The van der Waals surface area contributed by atoms with Crippen molar-refractivity contribution in [1.29, 1.82) is 0 Å². The molecule has 98 valence electrons. The fraction of sp³-hybridized carbons (Fsp3) is 0.556. The molecular weight excluding hydrogens is 328 g/mol. The zero-order chi connectivity index (χ0) is 13.8. The minimum atomic E-state index is -0.700. The SMILES string of the molecule is CCC(C)(C)S/C(Cl)=C(\C(Cl)=C(Cl)Cl)[N+](=O)[O-]. The number of rotatable bonds is 5. The van der Waals surface area contributed by atoms with Crippen LogP contribution < -0.4 is 0 Å². The Morgan fingerprint density at radius 3 is 2.06 bits per heavy atom. The van der Waals surface area contributed by atoms with Crippen molar-refractivity contribution in [3.63, 3.8) is 0 Å². The van der Waals surface area contributed by atoms with E-state index in [4.69, 9.17) is 46.4 Å². The van der Waals surface area contributed by atoms with Crippen molar-refractivity contribution < 1.29 is 4.92 Å². The zero-order valence-corrected chi connectivity index (χ0v) is 13.2. The predicted octanol–water partition coefficient (Wildman–Crippen LogP) is 5.48. The highest BCUT2D eigenvalue weighted by Crippen LogP contribution is 2.41. The Morgan fingerprint density at radius 1 is 1.29 bits per heavy atom. The smallest absolute Gasteiger partial charge is 0.258 e. The van der Waals surface area contributed by atoms with Gasteiger partial charge in [0.1, 0.15) is 4.49 Å². The molecule has 0 N–H and O–H groups in total. The van der Waals surface area contributed by atoms with E-state index in [0.717, 1.165) is 18.2 Å². The molecule has 0 bridgehead atoms. The summed E-state index contributed by atoms with van der Waals surface area (Å²) in [5, 5.41) is 10.5. The molecule has 0 aliphatic carbocycles. The van der Waals surface area contributed by atoms with E-state index in [-0.39, 0.29) is 18.6 Å². The first kappa shape index (κ1) is 17.4. The van der Waals surface area contributed by atoms with Gasteiger partial charge in [0.2, 0.25) is 0 Å². The van der Waals surface area contributed by atoms with Crippen LogP contribution in [-0.4, -0.2) is 9.67 Å². The van der Waals surface area contributed by atoms with Crippen molar-refractivity contribution in [3.05, 3.63) is 29.7 Å². The number of allylic oxidation sites excluding steroid dienone is 1. The van der Waals surface area contributed by atoms with Crippen LogP contribution in [-0.2, 0) is 0 Å². The summed E-state index contributed by atoms with van der Waals surface area (Å²) in [7, 11) is 0. The van der Waals surface area contributed by atoms with Gasteiger partial charge < -0.3 is 0 Å². The first-order valence-corrected chi connectivity index (χ1v) is 6.89. The molecule has 0 aromatic carbocycles. The monoisotopic (exact) mass is 337 g/mol. The van der Waals surface area contributed by atoms with Gasteiger partial charge in [-0.25, -0.2) is 0 Å². The third kappa shape index (κ3) is 5.71. The maximum Gasteiger partial charge on any atom is 0.315 e. The topological polar surface area (TPSA) is 43.1 Å². The summed E-state index contributed by atoms with van der Waals surface area (Å²) >= 11 is 23.6. The van der Waals surface area contributed by atoms with Crippen molar-refractivity contribution in [3.8, 4) is 0 Å². The number of hydrogen-bond donors (Lipinski definition) is 0. The van der Waals surface area contributed by atoms with Crippen LogP contribution in [0.3, 0.4) is 0 Å². The van der Waals surface area contributed by atoms with Crippen molar-refractivity contribution in [2.24, 2.45) is 0 Å². The summed E-state index contributed by atoms with van der Waals surface area (Å²) in [5.41, 5.74) is -0.472. The summed E-state index contributed by atoms with van der Waals surface area (Å²) < 4.78 is -0.661. The highest BCUT2D eigenvalue weighted by molar-refractivity contribution is 8.05. The Balaban J connectivity index is 5.45. The lowest BCUT2D eigenvalue weighted by Crippen LogP contribution is -2.13. The molecule has 0 aliphatic heterocycles. The number of halogens is 4. The van der Waals surface area contributed by atoms with Gasteiger partial charge in [-0.15, -0.1) is 11.8 Å². The molecule has 0 heterocycles. The van der Waals surface area contributed by atoms with E-state index in [1.165, 1.54) is 0 Å². The van der Waals surface area contributed by atoms with Gasteiger partial charge in [0.05, 0.1) is 4.92 Å². The third-order valence-corrected chi connectivity index (χ3v) is 4.52. The summed E-state index contributed by atoms with van der Waals surface area (Å²) in [5.74, 6) is 0. The van der Waals surface area contributed by atoms with Crippen LogP contribution in [0, 0.1) is 10.1 Å². The number of nitro groups is 1. The van der Waals surface area contributed by atoms with E-state index in [0.29, 0.717) is 0 Å². The molecule has 17 heavy (non-hydrogen) atoms. The number of hydrogen-bond acceptors (Lipinski definition) is 3. The van der Waals surface area contributed by atoms with Crippen LogP contribution in [0.15, 0.2) is 19.6 Å². The lowest BCUT2D eigenvalue weighted by molar-refractivity contribution is -0.419. The highest BCUT2D eigenvalue weighted by atomic mass is 35.5. The second kappa shape index (κ2) is 7.10. The average Bonchev–Trinajstić information content (AvgIpc) is 2.16. The van der Waals surface area contributed by atoms with Crippen LogP contribution >= 0.6 is 58.2 Å². The first-order chi connectivity index (χ1) is 7.62. The lowest BCUT2D eigenvalue weighted by Gasteiger charge is -2.20. The van der Waals surface area contributed by atoms with E-state index in [1.54, 1.807) is 0 Å². The number of thioether (sulfide) groups is 1. The van der Waals surface area contributed by atoms with Crippen molar-refractivity contribution in [2.75, 3.05) is 0 Å². The van der Waals surface area contributed by atoms with E-state index < -0.39 is 10.6 Å². The second-order valence-corrected chi connectivity index (χ2v) is 7.32. The average molecular weight is 339 g/mol. The molecule has 0 fully saturated rings. The van der Waals surface area contributed by atoms with E-state index >= 15 is 0 Å². The van der Waals surface area contributed by atoms with Crippen molar-refractivity contribution in [1.82, 2.24) is 0 Å². The van der Waals surface area contributed by atoms with Gasteiger partial charge in [-0.2, -0.15) is 0 Å². The van der Waals surface area contributed by atoms with Crippen molar-refractivity contribution in [2.45, 2.75) is 31.9 Å². The molecule has 0 saturated carbocycles. The zero-order valence-electron chi connectivity index (χ0n) is 9.39. The van der Waals surface area contributed by atoms with Gasteiger partial charge in [0.25, 0.3) is 0 Å². The summed E-state index contributed by atoms with van der Waals surface area (Å²) in [6, 6.07) is 0.